The van der Waals surface area contributed by atoms with E-state index in [2.05, 4.69) is 20.9 Å². The van der Waals surface area contributed by atoms with Crippen molar-refractivity contribution >= 4 is 21.9 Å². The number of rotatable bonds is 6. The summed E-state index contributed by atoms with van der Waals surface area (Å²) in [4.78, 5) is 16.0. The van der Waals surface area contributed by atoms with Crippen molar-refractivity contribution in [3.05, 3.63) is 71.0 Å². The zero-order chi connectivity index (χ0) is 16.8. The lowest BCUT2D eigenvalue weighted by atomic mass is 10.2. The van der Waals surface area contributed by atoms with E-state index in [0.717, 1.165) is 10.0 Å². The van der Waals surface area contributed by atoms with Crippen LogP contribution in [0, 0.1) is 0 Å². The van der Waals surface area contributed by atoms with Crippen LogP contribution in [-0.4, -0.2) is 17.6 Å². The molecule has 0 aliphatic rings. The zero-order valence-corrected chi connectivity index (χ0v) is 14.2. The number of aromatic nitrogens is 1. The Morgan fingerprint density at radius 3 is 2.75 bits per heavy atom. The van der Waals surface area contributed by atoms with Crippen molar-refractivity contribution in [1.82, 2.24) is 4.98 Å². The number of carbonyl (C=O) groups is 1. The summed E-state index contributed by atoms with van der Waals surface area (Å²) < 4.78 is 16.8. The van der Waals surface area contributed by atoms with Crippen LogP contribution in [-0.2, 0) is 16.1 Å². The largest absolute Gasteiger partial charge is 0.482 e. The number of carbonyl (C=O) groups excluding carboxylic acids is 1. The molecule has 0 aliphatic carbocycles. The highest BCUT2D eigenvalue weighted by atomic mass is 79.9. The van der Waals surface area contributed by atoms with Crippen molar-refractivity contribution in [3.8, 4) is 17.2 Å². The van der Waals surface area contributed by atoms with Gasteiger partial charge >= 0.3 is 5.97 Å². The van der Waals surface area contributed by atoms with Crippen LogP contribution in [0.1, 0.15) is 5.69 Å². The van der Waals surface area contributed by atoms with Gasteiger partial charge in [-0.3, -0.25) is 0 Å². The second-order valence-corrected chi connectivity index (χ2v) is 5.83. The van der Waals surface area contributed by atoms with Gasteiger partial charge in [-0.1, -0.05) is 40.2 Å². The number of benzene rings is 2. The van der Waals surface area contributed by atoms with Crippen LogP contribution in [0.25, 0.3) is 11.5 Å². The number of esters is 1. The molecule has 0 amide bonds. The first-order chi connectivity index (χ1) is 11.7. The number of nitrogens with zero attached hydrogens (tertiary/aromatic N) is 1. The van der Waals surface area contributed by atoms with Gasteiger partial charge < -0.3 is 13.9 Å². The predicted molar refractivity (Wildman–Crippen MR) is 91.4 cm³/mol. The fraction of sp³-hybridized carbons (Fsp3) is 0.111. The molecule has 1 aromatic heterocycles. The fourth-order valence-corrected chi connectivity index (χ4v) is 2.36. The maximum absolute atomic E-state index is 11.7. The summed E-state index contributed by atoms with van der Waals surface area (Å²) >= 11 is 3.34. The maximum Gasteiger partial charge on any atom is 0.344 e. The molecular weight excluding hydrogens is 374 g/mol. The lowest BCUT2D eigenvalue weighted by Crippen LogP contribution is -2.14. The molecule has 0 spiro atoms. The molecule has 0 saturated carbocycles. The Bertz CT molecular complexity index is 817. The predicted octanol–water partition coefficient (Wildman–Crippen LogP) is 4.23. The van der Waals surface area contributed by atoms with Crippen molar-refractivity contribution in [2.24, 2.45) is 0 Å². The molecule has 2 aromatic carbocycles. The van der Waals surface area contributed by atoms with E-state index in [1.54, 1.807) is 12.1 Å². The smallest absolute Gasteiger partial charge is 0.344 e. The number of hydrogen-bond acceptors (Lipinski definition) is 5. The molecule has 0 unspecified atom stereocenters. The van der Waals surface area contributed by atoms with Crippen LogP contribution >= 0.6 is 15.9 Å². The van der Waals surface area contributed by atoms with Crippen molar-refractivity contribution in [1.29, 1.82) is 0 Å². The normalized spacial score (nSPS) is 10.4. The number of oxazole rings is 1. The average Bonchev–Trinajstić information content (AvgIpc) is 3.08. The van der Waals surface area contributed by atoms with Gasteiger partial charge in [0.05, 0.1) is 0 Å². The third-order valence-corrected chi connectivity index (χ3v) is 3.60. The summed E-state index contributed by atoms with van der Waals surface area (Å²) in [6.07, 6.45) is 1.48. The molecule has 6 heteroatoms. The lowest BCUT2D eigenvalue weighted by molar-refractivity contribution is -0.147. The number of hydrogen-bond donors (Lipinski definition) is 0. The van der Waals surface area contributed by atoms with Crippen molar-refractivity contribution in [2.45, 2.75) is 6.61 Å². The second-order valence-electron chi connectivity index (χ2n) is 4.92. The molecule has 0 aliphatic heterocycles. The van der Waals surface area contributed by atoms with Crippen LogP contribution in [0.15, 0.2) is 69.8 Å². The van der Waals surface area contributed by atoms with Gasteiger partial charge in [-0.25, -0.2) is 9.78 Å². The molecule has 122 valence electrons. The minimum absolute atomic E-state index is 0.0387. The van der Waals surface area contributed by atoms with Crippen molar-refractivity contribution in [2.75, 3.05) is 6.61 Å². The van der Waals surface area contributed by atoms with Crippen LogP contribution in [0.4, 0.5) is 0 Å². The van der Waals surface area contributed by atoms with E-state index in [-0.39, 0.29) is 13.2 Å². The molecule has 3 rings (SSSR count). The first-order valence-electron chi connectivity index (χ1n) is 7.24. The van der Waals surface area contributed by atoms with Crippen LogP contribution < -0.4 is 4.74 Å². The minimum Gasteiger partial charge on any atom is -0.482 e. The highest BCUT2D eigenvalue weighted by molar-refractivity contribution is 9.10. The third-order valence-electron chi connectivity index (χ3n) is 3.11. The van der Waals surface area contributed by atoms with Gasteiger partial charge in [-0.15, -0.1) is 0 Å². The third kappa shape index (κ3) is 4.45. The summed E-state index contributed by atoms with van der Waals surface area (Å²) in [5, 5.41) is 0. The highest BCUT2D eigenvalue weighted by Crippen LogP contribution is 2.19. The summed E-state index contributed by atoms with van der Waals surface area (Å²) in [7, 11) is 0. The molecule has 3 aromatic rings. The monoisotopic (exact) mass is 387 g/mol. The second kappa shape index (κ2) is 7.79. The standard InChI is InChI=1S/C18H14BrNO4/c19-14-7-4-8-16(9-14)22-12-17(21)23-10-15-11-24-18(20-15)13-5-2-1-3-6-13/h1-9,11H,10,12H2. The van der Waals surface area contributed by atoms with Crippen LogP contribution in [0.2, 0.25) is 0 Å². The van der Waals surface area contributed by atoms with Gasteiger partial charge in [0, 0.05) is 10.0 Å². The number of ether oxygens (including phenoxy) is 2. The zero-order valence-electron chi connectivity index (χ0n) is 12.6. The summed E-state index contributed by atoms with van der Waals surface area (Å²) in [5.74, 6) is 0.611. The Hall–Kier alpha value is -2.60. The van der Waals surface area contributed by atoms with Crippen molar-refractivity contribution < 1.29 is 18.7 Å². The fourth-order valence-electron chi connectivity index (χ4n) is 1.98. The maximum atomic E-state index is 11.7. The van der Waals surface area contributed by atoms with E-state index in [1.807, 2.05) is 42.5 Å². The molecule has 1 heterocycles. The van der Waals surface area contributed by atoms with Gasteiger partial charge in [0.25, 0.3) is 0 Å². The van der Waals surface area contributed by atoms with Gasteiger partial charge in [-0.05, 0) is 30.3 Å². The van der Waals surface area contributed by atoms with E-state index < -0.39 is 5.97 Å². The quantitative estimate of drug-likeness (QED) is 0.592. The molecule has 0 N–H and O–H groups in total. The molecule has 0 radical (unpaired) electrons. The van der Waals surface area contributed by atoms with Gasteiger partial charge in [0.2, 0.25) is 5.89 Å². The van der Waals surface area contributed by atoms with E-state index in [9.17, 15) is 4.79 Å². The van der Waals surface area contributed by atoms with E-state index >= 15 is 0 Å². The molecule has 0 bridgehead atoms. The lowest BCUT2D eigenvalue weighted by Gasteiger charge is -2.06. The highest BCUT2D eigenvalue weighted by Gasteiger charge is 2.09. The molecule has 0 fully saturated rings. The van der Waals surface area contributed by atoms with E-state index in [1.165, 1.54) is 6.26 Å². The molecule has 24 heavy (non-hydrogen) atoms. The number of halogens is 1. The van der Waals surface area contributed by atoms with Crippen LogP contribution in [0.5, 0.6) is 5.75 Å². The Morgan fingerprint density at radius 1 is 1.12 bits per heavy atom. The summed E-state index contributed by atoms with van der Waals surface area (Å²) in [6.45, 7) is -0.128. The minimum atomic E-state index is -0.473. The Labute approximate surface area is 147 Å². The first-order valence-corrected chi connectivity index (χ1v) is 8.04. The average molecular weight is 388 g/mol. The SMILES string of the molecule is O=C(COc1cccc(Br)c1)OCc1coc(-c2ccccc2)n1. The van der Waals surface area contributed by atoms with E-state index in [0.29, 0.717) is 17.3 Å². The molecule has 5 nitrogen and oxygen atoms in total. The summed E-state index contributed by atoms with van der Waals surface area (Å²) in [6, 6.07) is 16.8. The topological polar surface area (TPSA) is 61.6 Å². The van der Waals surface area contributed by atoms with Crippen LogP contribution in [0.3, 0.4) is 0 Å². The molecule has 0 saturated heterocycles. The summed E-state index contributed by atoms with van der Waals surface area (Å²) in [5.41, 5.74) is 1.41. The van der Waals surface area contributed by atoms with Gasteiger partial charge in [0.15, 0.2) is 6.61 Å². The Balaban J connectivity index is 1.49. The van der Waals surface area contributed by atoms with Gasteiger partial charge in [0.1, 0.15) is 24.3 Å². The molecule has 0 atom stereocenters. The Morgan fingerprint density at radius 2 is 1.96 bits per heavy atom. The Kier molecular flexibility index (Phi) is 5.28. The van der Waals surface area contributed by atoms with E-state index in [4.69, 9.17) is 13.9 Å². The van der Waals surface area contributed by atoms with Crippen molar-refractivity contribution in [3.63, 3.8) is 0 Å². The molecular formula is C18H14BrNO4. The van der Waals surface area contributed by atoms with Gasteiger partial charge in [-0.2, -0.15) is 0 Å². The first kappa shape index (κ1) is 16.3.